The molecule has 2 fully saturated rings. The van der Waals surface area contributed by atoms with Gasteiger partial charge < -0.3 is 9.63 Å². The molecule has 2 aliphatic rings. The number of carboxylic acids is 1. The Morgan fingerprint density at radius 1 is 1.58 bits per heavy atom. The van der Waals surface area contributed by atoms with Crippen LogP contribution in [0, 0.1) is 5.41 Å². The highest BCUT2D eigenvalue weighted by Crippen LogP contribution is 2.38. The largest absolute Gasteiger partial charge is 0.481 e. The Morgan fingerprint density at radius 2 is 2.37 bits per heavy atom. The van der Waals surface area contributed by atoms with Crippen molar-refractivity contribution < 1.29 is 14.4 Å². The molecule has 0 bridgehead atoms. The van der Waals surface area contributed by atoms with Gasteiger partial charge in [0.05, 0.1) is 12.0 Å². The summed E-state index contributed by atoms with van der Waals surface area (Å²) in [6.45, 7) is 3.81. The zero-order chi connectivity index (χ0) is 13.5. The molecule has 1 atom stereocenters. The molecular weight excluding hydrogens is 246 g/mol. The first-order valence-corrected chi connectivity index (χ1v) is 6.85. The summed E-state index contributed by atoms with van der Waals surface area (Å²) in [6, 6.07) is 0. The Balaban J connectivity index is 1.63. The summed E-state index contributed by atoms with van der Waals surface area (Å²) in [6.07, 6.45) is 3.93. The molecule has 6 nitrogen and oxygen atoms in total. The maximum atomic E-state index is 11.3. The van der Waals surface area contributed by atoms with E-state index in [9.17, 15) is 9.90 Å². The molecule has 1 aromatic heterocycles. The zero-order valence-electron chi connectivity index (χ0n) is 11.1. The standard InChI is InChI=1S/C13H19N3O3/c1-13(12(17)18)5-2-6-16(8-13)7-10-14-11(15-19-10)9-3-4-9/h9H,2-8H2,1H3,(H,17,18). The van der Waals surface area contributed by atoms with Crippen molar-refractivity contribution >= 4 is 5.97 Å². The molecule has 0 amide bonds. The summed E-state index contributed by atoms with van der Waals surface area (Å²) in [5.74, 6) is 1.19. The van der Waals surface area contributed by atoms with E-state index in [4.69, 9.17) is 4.52 Å². The van der Waals surface area contributed by atoms with Gasteiger partial charge in [-0.1, -0.05) is 5.16 Å². The van der Waals surface area contributed by atoms with Crippen LogP contribution in [0.25, 0.3) is 0 Å². The predicted molar refractivity (Wildman–Crippen MR) is 66.5 cm³/mol. The topological polar surface area (TPSA) is 79.5 Å². The van der Waals surface area contributed by atoms with Gasteiger partial charge in [0.2, 0.25) is 5.89 Å². The molecule has 3 rings (SSSR count). The molecule has 1 unspecified atom stereocenters. The molecule has 0 aromatic carbocycles. The van der Waals surface area contributed by atoms with Gasteiger partial charge in [0.25, 0.3) is 0 Å². The quantitative estimate of drug-likeness (QED) is 0.891. The van der Waals surface area contributed by atoms with Crippen LogP contribution >= 0.6 is 0 Å². The van der Waals surface area contributed by atoms with Gasteiger partial charge in [0.1, 0.15) is 0 Å². The maximum Gasteiger partial charge on any atom is 0.310 e. The Kier molecular flexibility index (Phi) is 3.05. The van der Waals surface area contributed by atoms with Gasteiger partial charge in [-0.25, -0.2) is 0 Å². The van der Waals surface area contributed by atoms with E-state index in [-0.39, 0.29) is 0 Å². The van der Waals surface area contributed by atoms with E-state index < -0.39 is 11.4 Å². The minimum atomic E-state index is -0.721. The average Bonchev–Trinajstić information content (AvgIpc) is 3.11. The number of hydrogen-bond acceptors (Lipinski definition) is 5. The van der Waals surface area contributed by atoms with Crippen molar-refractivity contribution in [3.63, 3.8) is 0 Å². The molecule has 1 aliphatic heterocycles. The van der Waals surface area contributed by atoms with Gasteiger partial charge in [-0.05, 0) is 39.2 Å². The second kappa shape index (κ2) is 4.59. The van der Waals surface area contributed by atoms with Crippen molar-refractivity contribution in [1.82, 2.24) is 15.0 Å². The number of hydrogen-bond donors (Lipinski definition) is 1. The lowest BCUT2D eigenvalue weighted by Gasteiger charge is -2.36. The van der Waals surface area contributed by atoms with Crippen LogP contribution in [0.15, 0.2) is 4.52 Å². The third kappa shape index (κ3) is 2.63. The van der Waals surface area contributed by atoms with Crippen molar-refractivity contribution in [3.8, 4) is 0 Å². The first-order chi connectivity index (χ1) is 9.07. The molecule has 0 spiro atoms. The van der Waals surface area contributed by atoms with Gasteiger partial charge in [-0.15, -0.1) is 0 Å². The fraction of sp³-hybridized carbons (Fsp3) is 0.769. The second-order valence-electron chi connectivity index (χ2n) is 6.00. The van der Waals surface area contributed by atoms with Crippen molar-refractivity contribution in [2.45, 2.75) is 45.1 Å². The summed E-state index contributed by atoms with van der Waals surface area (Å²) >= 11 is 0. The van der Waals surface area contributed by atoms with Gasteiger partial charge in [0, 0.05) is 12.5 Å². The number of piperidine rings is 1. The van der Waals surface area contributed by atoms with Crippen LogP contribution in [-0.4, -0.2) is 39.2 Å². The number of carboxylic acid groups (broad SMARTS) is 1. The Morgan fingerprint density at radius 3 is 3.05 bits per heavy atom. The van der Waals surface area contributed by atoms with Gasteiger partial charge in [-0.3, -0.25) is 9.69 Å². The molecule has 0 radical (unpaired) electrons. The SMILES string of the molecule is CC1(C(=O)O)CCCN(Cc2nc(C3CC3)no2)C1. The van der Waals surface area contributed by atoms with E-state index >= 15 is 0 Å². The molecule has 1 aromatic rings. The summed E-state index contributed by atoms with van der Waals surface area (Å²) in [4.78, 5) is 17.8. The van der Waals surface area contributed by atoms with E-state index in [1.807, 2.05) is 6.92 Å². The molecule has 1 aliphatic carbocycles. The second-order valence-corrected chi connectivity index (χ2v) is 6.00. The van der Waals surface area contributed by atoms with Crippen LogP contribution in [0.3, 0.4) is 0 Å². The van der Waals surface area contributed by atoms with Crippen LogP contribution in [0.2, 0.25) is 0 Å². The normalized spacial score (nSPS) is 28.5. The van der Waals surface area contributed by atoms with Crippen molar-refractivity contribution in [1.29, 1.82) is 0 Å². The van der Waals surface area contributed by atoms with E-state index in [1.165, 1.54) is 0 Å². The summed E-state index contributed by atoms with van der Waals surface area (Å²) in [7, 11) is 0. The molecule has 104 valence electrons. The van der Waals surface area contributed by atoms with Gasteiger partial charge in [-0.2, -0.15) is 4.98 Å². The molecule has 1 saturated heterocycles. The fourth-order valence-electron chi connectivity index (χ4n) is 2.68. The number of aromatic nitrogens is 2. The smallest absolute Gasteiger partial charge is 0.310 e. The lowest BCUT2D eigenvalue weighted by atomic mass is 9.82. The molecule has 2 heterocycles. The Labute approximate surface area is 111 Å². The lowest BCUT2D eigenvalue weighted by molar-refractivity contribution is -0.151. The number of rotatable bonds is 4. The first-order valence-electron chi connectivity index (χ1n) is 6.85. The predicted octanol–water partition coefficient (Wildman–Crippen LogP) is 1.63. The average molecular weight is 265 g/mol. The summed E-state index contributed by atoms with van der Waals surface area (Å²) < 4.78 is 5.25. The minimum absolute atomic E-state index is 0.489. The lowest BCUT2D eigenvalue weighted by Crippen LogP contribution is -2.45. The van der Waals surface area contributed by atoms with Gasteiger partial charge >= 0.3 is 5.97 Å². The molecule has 19 heavy (non-hydrogen) atoms. The Hall–Kier alpha value is -1.43. The minimum Gasteiger partial charge on any atom is -0.481 e. The summed E-state index contributed by atoms with van der Waals surface area (Å²) in [5, 5.41) is 13.3. The number of likely N-dealkylation sites (tertiary alicyclic amines) is 1. The highest BCUT2D eigenvalue weighted by molar-refractivity contribution is 5.74. The van der Waals surface area contributed by atoms with Crippen LogP contribution < -0.4 is 0 Å². The van der Waals surface area contributed by atoms with E-state index in [1.54, 1.807) is 0 Å². The molecule has 1 N–H and O–H groups in total. The number of carbonyl (C=O) groups is 1. The van der Waals surface area contributed by atoms with Crippen molar-refractivity contribution in [2.24, 2.45) is 5.41 Å². The van der Waals surface area contributed by atoms with Crippen LogP contribution in [0.4, 0.5) is 0 Å². The Bertz CT molecular complexity index is 483. The third-order valence-electron chi connectivity index (χ3n) is 4.08. The molecule has 6 heteroatoms. The number of aliphatic carboxylic acids is 1. The fourth-order valence-corrected chi connectivity index (χ4v) is 2.68. The highest BCUT2D eigenvalue weighted by atomic mass is 16.5. The molecular formula is C13H19N3O3. The zero-order valence-corrected chi connectivity index (χ0v) is 11.1. The maximum absolute atomic E-state index is 11.3. The van der Waals surface area contributed by atoms with E-state index in [2.05, 4.69) is 15.0 Å². The highest BCUT2D eigenvalue weighted by Gasteiger charge is 2.38. The van der Waals surface area contributed by atoms with Crippen molar-refractivity contribution in [2.75, 3.05) is 13.1 Å². The van der Waals surface area contributed by atoms with Crippen LogP contribution in [0.5, 0.6) is 0 Å². The van der Waals surface area contributed by atoms with E-state index in [0.29, 0.717) is 24.9 Å². The third-order valence-corrected chi connectivity index (χ3v) is 4.08. The van der Waals surface area contributed by atoms with Crippen molar-refractivity contribution in [3.05, 3.63) is 11.7 Å². The number of nitrogens with zero attached hydrogens (tertiary/aromatic N) is 3. The van der Waals surface area contributed by atoms with Gasteiger partial charge in [0.15, 0.2) is 5.82 Å². The monoisotopic (exact) mass is 265 g/mol. The molecule has 1 saturated carbocycles. The summed E-state index contributed by atoms with van der Waals surface area (Å²) in [5.41, 5.74) is -0.655. The first kappa shape index (κ1) is 12.6. The van der Waals surface area contributed by atoms with E-state index in [0.717, 1.165) is 38.1 Å². The van der Waals surface area contributed by atoms with Crippen LogP contribution in [0.1, 0.15) is 50.2 Å². The van der Waals surface area contributed by atoms with Crippen LogP contribution in [-0.2, 0) is 11.3 Å².